The van der Waals surface area contributed by atoms with Crippen molar-refractivity contribution in [2.24, 2.45) is 17.8 Å². The Labute approximate surface area is 80.7 Å². The van der Waals surface area contributed by atoms with Crippen LogP contribution in [0.2, 0.25) is 0 Å². The Balaban J connectivity index is 2.30. The number of nitrogens with one attached hydrogen (secondary N) is 1. The summed E-state index contributed by atoms with van der Waals surface area (Å²) in [5, 5.41) is 3.54. The zero-order valence-corrected chi connectivity index (χ0v) is 9.29. The van der Waals surface area contributed by atoms with Crippen molar-refractivity contribution < 1.29 is 0 Å². The largest absolute Gasteiger partial charge is 0.316 e. The summed E-state index contributed by atoms with van der Waals surface area (Å²) in [7, 11) is 0. The van der Waals surface area contributed by atoms with E-state index in [1.807, 2.05) is 11.8 Å². The molecular weight excluding hydrogens is 166 g/mol. The van der Waals surface area contributed by atoms with Crippen LogP contribution < -0.4 is 5.32 Å². The zero-order valence-electron chi connectivity index (χ0n) is 8.47. The number of hydrogen-bond donors (Lipinski definition) is 1. The molecule has 1 aliphatic heterocycles. The van der Waals surface area contributed by atoms with E-state index in [4.69, 9.17) is 0 Å². The van der Waals surface area contributed by atoms with Crippen LogP contribution in [0, 0.1) is 17.8 Å². The topological polar surface area (TPSA) is 12.0 Å². The molecule has 12 heavy (non-hydrogen) atoms. The van der Waals surface area contributed by atoms with Gasteiger partial charge in [-0.3, -0.25) is 0 Å². The van der Waals surface area contributed by atoms with Gasteiger partial charge in [-0.1, -0.05) is 13.8 Å². The van der Waals surface area contributed by atoms with Gasteiger partial charge >= 0.3 is 0 Å². The first kappa shape index (κ1) is 10.4. The first-order valence-electron chi connectivity index (χ1n) is 4.93. The molecule has 1 nitrogen and oxygen atoms in total. The van der Waals surface area contributed by atoms with Gasteiger partial charge in [0.15, 0.2) is 0 Å². The Hall–Kier alpha value is 0.310. The molecule has 72 valence electrons. The van der Waals surface area contributed by atoms with E-state index in [9.17, 15) is 0 Å². The van der Waals surface area contributed by atoms with Crippen molar-refractivity contribution >= 4 is 11.8 Å². The van der Waals surface area contributed by atoms with Crippen LogP contribution in [0.4, 0.5) is 0 Å². The van der Waals surface area contributed by atoms with E-state index in [1.165, 1.54) is 25.3 Å². The molecule has 2 unspecified atom stereocenters. The second-order valence-corrected chi connectivity index (χ2v) is 5.13. The molecule has 1 fully saturated rings. The highest BCUT2D eigenvalue weighted by Crippen LogP contribution is 2.24. The summed E-state index contributed by atoms with van der Waals surface area (Å²) < 4.78 is 0. The summed E-state index contributed by atoms with van der Waals surface area (Å²) in [5.74, 6) is 4.01. The summed E-state index contributed by atoms with van der Waals surface area (Å²) in [6.07, 6.45) is 3.64. The molecule has 0 aromatic carbocycles. The lowest BCUT2D eigenvalue weighted by molar-refractivity contribution is 0.247. The molecule has 1 saturated heterocycles. The van der Waals surface area contributed by atoms with E-state index in [-0.39, 0.29) is 0 Å². The third kappa shape index (κ3) is 2.98. The molecule has 0 radical (unpaired) electrons. The Morgan fingerprint density at radius 2 is 2.17 bits per heavy atom. The summed E-state index contributed by atoms with van der Waals surface area (Å²) in [6.45, 7) is 7.16. The zero-order chi connectivity index (χ0) is 8.97. The summed E-state index contributed by atoms with van der Waals surface area (Å²) in [4.78, 5) is 0. The van der Waals surface area contributed by atoms with Gasteiger partial charge in [0.05, 0.1) is 0 Å². The number of thioether (sulfide) groups is 1. The van der Waals surface area contributed by atoms with E-state index in [2.05, 4.69) is 25.4 Å². The second kappa shape index (κ2) is 5.13. The van der Waals surface area contributed by atoms with Crippen molar-refractivity contribution in [2.75, 3.05) is 25.1 Å². The van der Waals surface area contributed by atoms with Gasteiger partial charge < -0.3 is 5.32 Å². The summed E-state index contributed by atoms with van der Waals surface area (Å²) in [6, 6.07) is 0. The Bertz CT molecular complexity index is 123. The monoisotopic (exact) mass is 187 g/mol. The molecule has 1 heterocycles. The van der Waals surface area contributed by atoms with E-state index < -0.39 is 0 Å². The average Bonchev–Trinajstić information content (AvgIpc) is 2.05. The van der Waals surface area contributed by atoms with Crippen LogP contribution in [0.15, 0.2) is 0 Å². The van der Waals surface area contributed by atoms with E-state index >= 15 is 0 Å². The molecule has 0 aliphatic carbocycles. The highest BCUT2D eigenvalue weighted by atomic mass is 32.2. The normalized spacial score (nSPS) is 31.0. The average molecular weight is 187 g/mol. The van der Waals surface area contributed by atoms with Crippen molar-refractivity contribution in [3.05, 3.63) is 0 Å². The minimum atomic E-state index is 0.849. The standard InChI is InChI=1S/C10H21NS/c1-8(2)10-4-9(7-12-3)5-11-6-10/h8-11H,4-7H2,1-3H3. The van der Waals surface area contributed by atoms with Crippen LogP contribution in [0.1, 0.15) is 20.3 Å². The van der Waals surface area contributed by atoms with Crippen molar-refractivity contribution in [2.45, 2.75) is 20.3 Å². The molecule has 0 aromatic heterocycles. The maximum atomic E-state index is 3.54. The smallest absolute Gasteiger partial charge is 0.00124 e. The third-order valence-corrected chi connectivity index (χ3v) is 3.63. The third-order valence-electron chi connectivity index (χ3n) is 2.82. The van der Waals surface area contributed by atoms with E-state index in [0.29, 0.717) is 0 Å². The van der Waals surface area contributed by atoms with Crippen molar-refractivity contribution in [3.8, 4) is 0 Å². The van der Waals surface area contributed by atoms with Crippen molar-refractivity contribution in [1.82, 2.24) is 5.32 Å². The summed E-state index contributed by atoms with van der Waals surface area (Å²) in [5.41, 5.74) is 0. The fourth-order valence-electron chi connectivity index (χ4n) is 1.94. The van der Waals surface area contributed by atoms with Gasteiger partial charge in [0.25, 0.3) is 0 Å². The van der Waals surface area contributed by atoms with Crippen LogP contribution in [0.5, 0.6) is 0 Å². The van der Waals surface area contributed by atoms with E-state index in [0.717, 1.165) is 17.8 Å². The van der Waals surface area contributed by atoms with E-state index in [1.54, 1.807) is 0 Å². The fourth-order valence-corrected chi connectivity index (χ4v) is 2.66. The van der Waals surface area contributed by atoms with Crippen molar-refractivity contribution in [3.63, 3.8) is 0 Å². The quantitative estimate of drug-likeness (QED) is 0.727. The molecule has 1 aliphatic rings. The highest BCUT2D eigenvalue weighted by Gasteiger charge is 2.22. The molecule has 0 amide bonds. The molecule has 1 rings (SSSR count). The van der Waals surface area contributed by atoms with Crippen LogP contribution in [0.3, 0.4) is 0 Å². The Kier molecular flexibility index (Phi) is 4.44. The van der Waals surface area contributed by atoms with Crippen LogP contribution >= 0.6 is 11.8 Å². The maximum absolute atomic E-state index is 3.54. The van der Waals surface area contributed by atoms with Gasteiger partial charge in [-0.2, -0.15) is 11.8 Å². The first-order valence-corrected chi connectivity index (χ1v) is 6.33. The number of hydrogen-bond acceptors (Lipinski definition) is 2. The van der Waals surface area contributed by atoms with Gasteiger partial charge in [0.2, 0.25) is 0 Å². The first-order chi connectivity index (χ1) is 5.74. The van der Waals surface area contributed by atoms with Gasteiger partial charge in [0.1, 0.15) is 0 Å². The van der Waals surface area contributed by atoms with Gasteiger partial charge in [-0.05, 0) is 49.3 Å². The molecule has 1 N–H and O–H groups in total. The number of piperidine rings is 1. The molecule has 0 bridgehead atoms. The molecule has 2 atom stereocenters. The minimum absolute atomic E-state index is 0.849. The van der Waals surface area contributed by atoms with Crippen LogP contribution in [-0.2, 0) is 0 Å². The molecule has 2 heteroatoms. The molecule has 0 spiro atoms. The van der Waals surface area contributed by atoms with Gasteiger partial charge in [-0.15, -0.1) is 0 Å². The van der Waals surface area contributed by atoms with Crippen LogP contribution in [-0.4, -0.2) is 25.1 Å². The van der Waals surface area contributed by atoms with Crippen molar-refractivity contribution in [1.29, 1.82) is 0 Å². The SMILES string of the molecule is CSCC1CNCC(C(C)C)C1. The molecular formula is C10H21NS. The predicted octanol–water partition coefficient (Wildman–Crippen LogP) is 2.23. The highest BCUT2D eigenvalue weighted by molar-refractivity contribution is 7.98. The predicted molar refractivity (Wildman–Crippen MR) is 57.7 cm³/mol. The second-order valence-electron chi connectivity index (χ2n) is 4.22. The minimum Gasteiger partial charge on any atom is -0.316 e. The summed E-state index contributed by atoms with van der Waals surface area (Å²) >= 11 is 1.98. The Morgan fingerprint density at radius 1 is 1.42 bits per heavy atom. The molecule has 0 saturated carbocycles. The van der Waals surface area contributed by atoms with Gasteiger partial charge in [0, 0.05) is 0 Å². The maximum Gasteiger partial charge on any atom is -0.00124 e. The molecule has 0 aromatic rings. The lowest BCUT2D eigenvalue weighted by Gasteiger charge is -2.32. The van der Waals surface area contributed by atoms with Gasteiger partial charge in [-0.25, -0.2) is 0 Å². The Morgan fingerprint density at radius 3 is 2.75 bits per heavy atom. The fraction of sp³-hybridized carbons (Fsp3) is 1.00. The number of rotatable bonds is 3. The van der Waals surface area contributed by atoms with Crippen LogP contribution in [0.25, 0.3) is 0 Å². The lowest BCUT2D eigenvalue weighted by atomic mass is 9.84. The lowest BCUT2D eigenvalue weighted by Crippen LogP contribution is -2.39.